The van der Waals surface area contributed by atoms with Gasteiger partial charge in [0.05, 0.1) is 6.61 Å². The lowest BCUT2D eigenvalue weighted by Gasteiger charge is -2.28. The Morgan fingerprint density at radius 1 is 1.67 bits per heavy atom. The van der Waals surface area contributed by atoms with Crippen LogP contribution in [-0.4, -0.2) is 23.7 Å². The molecule has 1 saturated heterocycles. The SMILES string of the molecule is CC1COC(O)C(P)C1. The summed E-state index contributed by atoms with van der Waals surface area (Å²) in [5.41, 5.74) is 0.230. The van der Waals surface area contributed by atoms with Gasteiger partial charge in [0, 0.05) is 5.66 Å². The first-order valence-electron chi connectivity index (χ1n) is 3.25. The largest absolute Gasteiger partial charge is 0.367 e. The van der Waals surface area contributed by atoms with E-state index in [9.17, 15) is 0 Å². The van der Waals surface area contributed by atoms with Crippen molar-refractivity contribution in [2.75, 3.05) is 6.61 Å². The number of ether oxygens (including phenoxy) is 1. The zero-order valence-corrected chi connectivity index (χ0v) is 6.73. The molecule has 1 heterocycles. The van der Waals surface area contributed by atoms with Gasteiger partial charge in [-0.1, -0.05) is 6.92 Å². The molecular weight excluding hydrogens is 135 g/mol. The minimum atomic E-state index is -0.550. The molecule has 0 radical (unpaired) electrons. The van der Waals surface area contributed by atoms with E-state index in [0.29, 0.717) is 12.5 Å². The van der Waals surface area contributed by atoms with Crippen molar-refractivity contribution in [3.63, 3.8) is 0 Å². The quantitative estimate of drug-likeness (QED) is 0.510. The van der Waals surface area contributed by atoms with Crippen LogP contribution in [0.5, 0.6) is 0 Å². The molecule has 2 nitrogen and oxygen atoms in total. The van der Waals surface area contributed by atoms with E-state index in [4.69, 9.17) is 9.84 Å². The number of hydrogen-bond donors (Lipinski definition) is 1. The van der Waals surface area contributed by atoms with Gasteiger partial charge in [-0.25, -0.2) is 0 Å². The van der Waals surface area contributed by atoms with Gasteiger partial charge in [0.2, 0.25) is 0 Å². The van der Waals surface area contributed by atoms with Gasteiger partial charge >= 0.3 is 0 Å². The molecule has 4 unspecified atom stereocenters. The van der Waals surface area contributed by atoms with E-state index in [2.05, 4.69) is 16.2 Å². The minimum Gasteiger partial charge on any atom is -0.367 e. The summed E-state index contributed by atoms with van der Waals surface area (Å²) in [5.74, 6) is 0.593. The first-order valence-corrected chi connectivity index (χ1v) is 3.92. The van der Waals surface area contributed by atoms with Gasteiger partial charge in [-0.05, 0) is 12.3 Å². The number of aliphatic hydroxyl groups excluding tert-OH is 1. The number of hydrogen-bond acceptors (Lipinski definition) is 2. The summed E-state index contributed by atoms with van der Waals surface area (Å²) in [6.45, 7) is 2.83. The molecule has 0 amide bonds. The van der Waals surface area contributed by atoms with Crippen molar-refractivity contribution in [1.82, 2.24) is 0 Å². The van der Waals surface area contributed by atoms with Crippen LogP contribution >= 0.6 is 9.24 Å². The molecule has 1 aliphatic rings. The first-order chi connectivity index (χ1) is 4.20. The van der Waals surface area contributed by atoms with Gasteiger partial charge in [-0.2, -0.15) is 0 Å². The van der Waals surface area contributed by atoms with Gasteiger partial charge in [0.15, 0.2) is 6.29 Å². The Labute approximate surface area is 57.8 Å². The van der Waals surface area contributed by atoms with Gasteiger partial charge in [-0.3, -0.25) is 0 Å². The molecule has 9 heavy (non-hydrogen) atoms. The Morgan fingerprint density at radius 2 is 2.33 bits per heavy atom. The van der Waals surface area contributed by atoms with Crippen LogP contribution in [0.4, 0.5) is 0 Å². The number of aliphatic hydroxyl groups is 1. The molecule has 0 saturated carbocycles. The monoisotopic (exact) mass is 148 g/mol. The first kappa shape index (κ1) is 7.46. The Balaban J connectivity index is 2.35. The summed E-state index contributed by atoms with van der Waals surface area (Å²) in [7, 11) is 2.59. The fraction of sp³-hybridized carbons (Fsp3) is 1.00. The minimum absolute atomic E-state index is 0.230. The van der Waals surface area contributed by atoms with Crippen molar-refractivity contribution in [3.05, 3.63) is 0 Å². The second-order valence-corrected chi connectivity index (χ2v) is 3.58. The van der Waals surface area contributed by atoms with Crippen molar-refractivity contribution in [3.8, 4) is 0 Å². The summed E-state index contributed by atoms with van der Waals surface area (Å²) < 4.78 is 5.04. The third-order valence-electron chi connectivity index (χ3n) is 1.59. The zero-order chi connectivity index (χ0) is 6.85. The van der Waals surface area contributed by atoms with E-state index in [1.165, 1.54) is 0 Å². The predicted octanol–water partition coefficient (Wildman–Crippen LogP) is 0.605. The normalized spacial score (nSPS) is 45.0. The molecule has 1 N–H and O–H groups in total. The highest BCUT2D eigenvalue weighted by atomic mass is 31.0. The third-order valence-corrected chi connectivity index (χ3v) is 2.19. The molecule has 0 aromatic rings. The second kappa shape index (κ2) is 2.96. The fourth-order valence-electron chi connectivity index (χ4n) is 1.04. The summed E-state index contributed by atoms with van der Waals surface area (Å²) in [5, 5.41) is 9.05. The van der Waals surface area contributed by atoms with E-state index in [1.807, 2.05) is 0 Å². The molecule has 1 aliphatic heterocycles. The van der Waals surface area contributed by atoms with Crippen LogP contribution < -0.4 is 0 Å². The molecule has 0 aromatic heterocycles. The average Bonchev–Trinajstić information content (AvgIpc) is 1.80. The predicted molar refractivity (Wildman–Crippen MR) is 39.2 cm³/mol. The Kier molecular flexibility index (Phi) is 2.45. The molecule has 54 valence electrons. The third kappa shape index (κ3) is 1.89. The van der Waals surface area contributed by atoms with Crippen LogP contribution in [0.2, 0.25) is 0 Å². The topological polar surface area (TPSA) is 29.5 Å². The van der Waals surface area contributed by atoms with Gasteiger partial charge in [0.25, 0.3) is 0 Å². The Bertz CT molecular complexity index is 97.1. The zero-order valence-electron chi connectivity index (χ0n) is 5.58. The van der Waals surface area contributed by atoms with Crippen molar-refractivity contribution in [2.24, 2.45) is 5.92 Å². The maximum atomic E-state index is 9.05. The van der Waals surface area contributed by atoms with E-state index in [-0.39, 0.29) is 5.66 Å². The maximum Gasteiger partial charge on any atom is 0.160 e. The lowest BCUT2D eigenvalue weighted by Crippen LogP contribution is -2.33. The molecule has 3 heteroatoms. The fourth-order valence-corrected chi connectivity index (χ4v) is 1.61. The molecular formula is C6H13O2P. The summed E-state index contributed by atoms with van der Waals surface area (Å²) in [4.78, 5) is 0. The number of rotatable bonds is 0. The van der Waals surface area contributed by atoms with Crippen molar-refractivity contribution in [2.45, 2.75) is 25.3 Å². The molecule has 0 aromatic carbocycles. The summed E-state index contributed by atoms with van der Waals surface area (Å²) in [6.07, 6.45) is 0.498. The van der Waals surface area contributed by atoms with Crippen LogP contribution in [0, 0.1) is 5.92 Å². The maximum absolute atomic E-state index is 9.05. The average molecular weight is 148 g/mol. The molecule has 1 rings (SSSR count). The van der Waals surface area contributed by atoms with Crippen LogP contribution in [0.15, 0.2) is 0 Å². The van der Waals surface area contributed by atoms with Crippen LogP contribution in [0.3, 0.4) is 0 Å². The smallest absolute Gasteiger partial charge is 0.160 e. The van der Waals surface area contributed by atoms with Crippen LogP contribution in [0.25, 0.3) is 0 Å². The molecule has 0 spiro atoms. The van der Waals surface area contributed by atoms with E-state index in [0.717, 1.165) is 6.42 Å². The lowest BCUT2D eigenvalue weighted by molar-refractivity contribution is -0.133. The molecule has 0 aliphatic carbocycles. The van der Waals surface area contributed by atoms with E-state index in [1.54, 1.807) is 0 Å². The van der Waals surface area contributed by atoms with Gasteiger partial charge in [-0.15, -0.1) is 9.24 Å². The highest BCUT2D eigenvalue weighted by molar-refractivity contribution is 7.17. The highest BCUT2D eigenvalue weighted by Gasteiger charge is 2.23. The standard InChI is InChI=1S/C6H13O2P/c1-4-2-5(9)6(7)8-3-4/h4-7H,2-3,9H2,1H3. The van der Waals surface area contributed by atoms with Gasteiger partial charge in [0.1, 0.15) is 0 Å². The van der Waals surface area contributed by atoms with Crippen LogP contribution in [0.1, 0.15) is 13.3 Å². The summed E-state index contributed by atoms with van der Waals surface area (Å²) in [6, 6.07) is 0. The summed E-state index contributed by atoms with van der Waals surface area (Å²) >= 11 is 0. The Hall–Kier alpha value is 0.350. The van der Waals surface area contributed by atoms with E-state index < -0.39 is 6.29 Å². The van der Waals surface area contributed by atoms with Crippen molar-refractivity contribution >= 4 is 9.24 Å². The van der Waals surface area contributed by atoms with Crippen molar-refractivity contribution in [1.29, 1.82) is 0 Å². The molecule has 1 fully saturated rings. The molecule has 4 atom stereocenters. The van der Waals surface area contributed by atoms with Crippen LogP contribution in [-0.2, 0) is 4.74 Å². The lowest BCUT2D eigenvalue weighted by atomic mass is 10.0. The second-order valence-electron chi connectivity index (χ2n) is 2.73. The van der Waals surface area contributed by atoms with Crippen molar-refractivity contribution < 1.29 is 9.84 Å². The van der Waals surface area contributed by atoms with E-state index >= 15 is 0 Å². The molecule has 0 bridgehead atoms. The highest BCUT2D eigenvalue weighted by Crippen LogP contribution is 2.23. The van der Waals surface area contributed by atoms with Gasteiger partial charge < -0.3 is 9.84 Å². The Morgan fingerprint density at radius 3 is 2.78 bits per heavy atom.